The molecule has 1 aliphatic carbocycles. The van der Waals surface area contributed by atoms with Gasteiger partial charge in [0.1, 0.15) is 24.4 Å². The Morgan fingerprint density at radius 1 is 0.923 bits per heavy atom. The van der Waals surface area contributed by atoms with Gasteiger partial charge in [-0.15, -0.1) is 0 Å². The molecular weight excluding hydrogens is 340 g/mol. The molecule has 7 heteroatoms. The van der Waals surface area contributed by atoms with Crippen molar-refractivity contribution in [2.24, 2.45) is 0 Å². The zero-order valence-electron chi connectivity index (χ0n) is 14.7. The second-order valence-electron chi connectivity index (χ2n) is 7.04. The molecule has 0 aromatic heterocycles. The number of rotatable bonds is 6. The smallest absolute Gasteiger partial charge is 0.187 e. The molecule has 146 valence electrons. The molecule has 0 bridgehead atoms. The fourth-order valence-corrected chi connectivity index (χ4v) is 3.44. The molecule has 7 atom stereocenters. The molecule has 0 radical (unpaired) electrons. The average Bonchev–Trinajstić information content (AvgIpc) is 2.66. The van der Waals surface area contributed by atoms with Crippen molar-refractivity contribution >= 4 is 0 Å². The third-order valence-corrected chi connectivity index (χ3v) is 5.04. The van der Waals surface area contributed by atoms with E-state index in [1.54, 1.807) is 0 Å². The lowest BCUT2D eigenvalue weighted by molar-refractivity contribution is -0.320. The summed E-state index contributed by atoms with van der Waals surface area (Å²) in [4.78, 5) is 0. The van der Waals surface area contributed by atoms with Crippen molar-refractivity contribution in [1.29, 1.82) is 0 Å². The minimum absolute atomic E-state index is 0.0485. The van der Waals surface area contributed by atoms with Crippen LogP contribution in [-0.4, -0.2) is 69.9 Å². The van der Waals surface area contributed by atoms with E-state index in [-0.39, 0.29) is 6.61 Å². The highest BCUT2D eigenvalue weighted by atomic mass is 16.7. The Balaban J connectivity index is 1.55. The van der Waals surface area contributed by atoms with Crippen molar-refractivity contribution < 1.29 is 34.6 Å². The molecule has 1 saturated carbocycles. The molecule has 1 saturated heterocycles. The summed E-state index contributed by atoms with van der Waals surface area (Å²) in [5, 5.41) is 40.5. The van der Waals surface area contributed by atoms with Gasteiger partial charge in [-0.25, -0.2) is 0 Å². The molecule has 0 spiro atoms. The van der Waals surface area contributed by atoms with Crippen molar-refractivity contribution in [2.75, 3.05) is 6.61 Å². The number of aliphatic hydroxyl groups excluding tert-OH is 4. The van der Waals surface area contributed by atoms with Gasteiger partial charge in [-0.05, 0) is 18.4 Å². The van der Waals surface area contributed by atoms with E-state index >= 15 is 0 Å². The van der Waals surface area contributed by atoms with Crippen LogP contribution in [0.2, 0.25) is 0 Å². The van der Waals surface area contributed by atoms with Gasteiger partial charge in [0, 0.05) is 0 Å². The quantitative estimate of drug-likeness (QED) is 0.573. The highest BCUT2D eigenvalue weighted by molar-refractivity contribution is 5.13. The Morgan fingerprint density at radius 3 is 2.38 bits per heavy atom. The van der Waals surface area contributed by atoms with E-state index in [4.69, 9.17) is 14.2 Å². The number of hydrogen-bond acceptors (Lipinski definition) is 7. The van der Waals surface area contributed by atoms with E-state index in [1.165, 1.54) is 0 Å². The van der Waals surface area contributed by atoms with Crippen LogP contribution < -0.4 is 0 Å². The molecule has 0 amide bonds. The van der Waals surface area contributed by atoms with Gasteiger partial charge in [0.05, 0.1) is 25.4 Å². The predicted molar refractivity (Wildman–Crippen MR) is 92.1 cm³/mol. The Morgan fingerprint density at radius 2 is 1.65 bits per heavy atom. The molecular formula is C19H28O7. The van der Waals surface area contributed by atoms with Crippen molar-refractivity contribution in [2.45, 2.75) is 75.2 Å². The summed E-state index contributed by atoms with van der Waals surface area (Å²) in [5.41, 5.74) is 0.983. The second kappa shape index (κ2) is 9.23. The zero-order chi connectivity index (χ0) is 18.5. The fourth-order valence-electron chi connectivity index (χ4n) is 3.44. The van der Waals surface area contributed by atoms with E-state index in [9.17, 15) is 20.4 Å². The Hall–Kier alpha value is -1.06. The molecule has 0 unspecified atom stereocenters. The first-order valence-electron chi connectivity index (χ1n) is 9.21. The van der Waals surface area contributed by atoms with E-state index in [2.05, 4.69) is 0 Å². The van der Waals surface area contributed by atoms with Crippen molar-refractivity contribution in [3.8, 4) is 0 Å². The third kappa shape index (κ3) is 4.80. The second-order valence-corrected chi connectivity index (χ2v) is 7.04. The average molecular weight is 368 g/mol. The molecule has 1 aliphatic heterocycles. The minimum atomic E-state index is -1.40. The van der Waals surface area contributed by atoms with E-state index in [0.29, 0.717) is 19.4 Å². The van der Waals surface area contributed by atoms with Crippen molar-refractivity contribution in [3.63, 3.8) is 0 Å². The van der Waals surface area contributed by atoms with Gasteiger partial charge < -0.3 is 34.6 Å². The zero-order valence-corrected chi connectivity index (χ0v) is 14.7. The van der Waals surface area contributed by atoms with Crippen molar-refractivity contribution in [3.05, 3.63) is 35.9 Å². The van der Waals surface area contributed by atoms with Crippen LogP contribution in [-0.2, 0) is 20.8 Å². The lowest BCUT2D eigenvalue weighted by Gasteiger charge is -2.42. The van der Waals surface area contributed by atoms with Gasteiger partial charge >= 0.3 is 0 Å². The first kappa shape index (κ1) is 19.7. The minimum Gasteiger partial charge on any atom is -0.390 e. The molecule has 1 heterocycles. The van der Waals surface area contributed by atoms with Crippen molar-refractivity contribution in [1.82, 2.24) is 0 Å². The first-order chi connectivity index (χ1) is 12.6. The number of benzene rings is 1. The first-order valence-corrected chi connectivity index (χ1v) is 9.21. The van der Waals surface area contributed by atoms with Crippen LogP contribution in [0, 0.1) is 0 Å². The van der Waals surface area contributed by atoms with Gasteiger partial charge in [0.2, 0.25) is 0 Å². The van der Waals surface area contributed by atoms with Gasteiger partial charge in [-0.2, -0.15) is 0 Å². The fraction of sp³-hybridized carbons (Fsp3) is 0.684. The Bertz CT molecular complexity index is 540. The van der Waals surface area contributed by atoms with Crippen LogP contribution in [0.4, 0.5) is 0 Å². The van der Waals surface area contributed by atoms with Gasteiger partial charge in [0.15, 0.2) is 6.29 Å². The molecule has 2 fully saturated rings. The van der Waals surface area contributed by atoms with E-state index in [0.717, 1.165) is 18.4 Å². The number of hydrogen-bond donors (Lipinski definition) is 4. The summed E-state index contributed by atoms with van der Waals surface area (Å²) >= 11 is 0. The molecule has 2 aliphatic rings. The number of aliphatic hydroxyl groups is 4. The van der Waals surface area contributed by atoms with Gasteiger partial charge in [-0.1, -0.05) is 43.2 Å². The standard InChI is InChI=1S/C19H28O7/c20-13-8-4-5-9-14(13)25-19-18(23)17(22)16(21)15(26-19)11-24-10-12-6-2-1-3-7-12/h1-3,6-7,13-23H,4-5,8-11H2/t13-,14-,15-,16+,17+,18-,19-/m1/s1. The highest BCUT2D eigenvalue weighted by Gasteiger charge is 2.45. The lowest BCUT2D eigenvalue weighted by Crippen LogP contribution is -2.60. The largest absolute Gasteiger partial charge is 0.390 e. The lowest BCUT2D eigenvalue weighted by atomic mass is 9.94. The summed E-state index contributed by atoms with van der Waals surface area (Å²) in [6, 6.07) is 9.57. The molecule has 1 aromatic rings. The maximum atomic E-state index is 10.2. The van der Waals surface area contributed by atoms with Crippen LogP contribution in [0.1, 0.15) is 31.2 Å². The highest BCUT2D eigenvalue weighted by Crippen LogP contribution is 2.28. The summed E-state index contributed by atoms with van der Waals surface area (Å²) in [5.74, 6) is 0. The monoisotopic (exact) mass is 368 g/mol. The molecule has 3 rings (SSSR count). The van der Waals surface area contributed by atoms with Crippen LogP contribution >= 0.6 is 0 Å². The topological polar surface area (TPSA) is 109 Å². The van der Waals surface area contributed by atoms with E-state index < -0.39 is 42.9 Å². The summed E-state index contributed by atoms with van der Waals surface area (Å²) in [6.45, 7) is 0.395. The molecule has 26 heavy (non-hydrogen) atoms. The van der Waals surface area contributed by atoms with Gasteiger partial charge in [-0.3, -0.25) is 0 Å². The van der Waals surface area contributed by atoms with Gasteiger partial charge in [0.25, 0.3) is 0 Å². The summed E-state index contributed by atoms with van der Waals surface area (Å²) in [7, 11) is 0. The van der Waals surface area contributed by atoms with E-state index in [1.807, 2.05) is 30.3 Å². The predicted octanol–water partition coefficient (Wildman–Crippen LogP) is 0.331. The van der Waals surface area contributed by atoms with Crippen LogP contribution in [0.15, 0.2) is 30.3 Å². The SMILES string of the molecule is O[C@H]1[C@@H](O)[C@@H](COCc2ccccc2)O[C@@H](O[C@@H]2CCCC[C@H]2O)[C@@H]1O. The summed E-state index contributed by atoms with van der Waals surface area (Å²) in [6.07, 6.45) is -3.90. The molecule has 1 aromatic carbocycles. The number of ether oxygens (including phenoxy) is 3. The Kier molecular flexibility index (Phi) is 6.99. The maximum absolute atomic E-state index is 10.2. The summed E-state index contributed by atoms with van der Waals surface area (Å²) < 4.78 is 17.0. The third-order valence-electron chi connectivity index (χ3n) is 5.04. The molecule has 7 nitrogen and oxygen atoms in total. The van der Waals surface area contributed by atoms with Crippen LogP contribution in [0.25, 0.3) is 0 Å². The normalized spacial score (nSPS) is 38.2. The molecule has 4 N–H and O–H groups in total. The van der Waals surface area contributed by atoms with Crippen LogP contribution in [0.3, 0.4) is 0 Å². The Labute approximate surface area is 153 Å². The maximum Gasteiger partial charge on any atom is 0.187 e. The van der Waals surface area contributed by atoms with Crippen LogP contribution in [0.5, 0.6) is 0 Å².